The van der Waals surface area contributed by atoms with Crippen molar-refractivity contribution in [2.24, 2.45) is 30.2 Å². The van der Waals surface area contributed by atoms with Crippen molar-refractivity contribution in [2.45, 2.75) is 57.9 Å². The Morgan fingerprint density at radius 3 is 2.38 bits per heavy atom. The lowest BCUT2D eigenvalue weighted by atomic mass is 9.48. The van der Waals surface area contributed by atoms with Crippen LogP contribution in [0, 0.1) is 23.2 Å². The van der Waals surface area contributed by atoms with Crippen LogP contribution in [0.1, 0.15) is 51.3 Å². The van der Waals surface area contributed by atoms with Crippen LogP contribution in [0.2, 0.25) is 0 Å². The Morgan fingerprint density at radius 1 is 1.24 bits per heavy atom. The number of nitrogens with one attached hydrogen (secondary N) is 1. The Kier molecular flexibility index (Phi) is 3.32. The molecular weight excluding hydrogens is 260 g/mol. The first-order valence-electron chi connectivity index (χ1n) is 8.71. The van der Waals surface area contributed by atoms with Crippen molar-refractivity contribution in [1.29, 1.82) is 0 Å². The van der Waals surface area contributed by atoms with E-state index < -0.39 is 0 Å². The van der Waals surface area contributed by atoms with E-state index in [0.29, 0.717) is 11.5 Å². The summed E-state index contributed by atoms with van der Waals surface area (Å²) < 4.78 is 1.79. The van der Waals surface area contributed by atoms with Crippen molar-refractivity contribution < 1.29 is 0 Å². The molecule has 4 fully saturated rings. The van der Waals surface area contributed by atoms with Crippen molar-refractivity contribution in [3.05, 3.63) is 12.2 Å². The smallest absolute Gasteiger partial charge is 0.151 e. The van der Waals surface area contributed by atoms with Crippen molar-refractivity contribution in [3.63, 3.8) is 0 Å². The Bertz CT molecular complexity index is 471. The van der Waals surface area contributed by atoms with E-state index in [9.17, 15) is 0 Å². The van der Waals surface area contributed by atoms with Gasteiger partial charge in [0.15, 0.2) is 5.82 Å². The van der Waals surface area contributed by atoms with Crippen LogP contribution in [0.5, 0.6) is 0 Å². The van der Waals surface area contributed by atoms with Crippen molar-refractivity contribution >= 4 is 0 Å². The van der Waals surface area contributed by atoms with Gasteiger partial charge in [-0.1, -0.05) is 0 Å². The third-order valence-corrected chi connectivity index (χ3v) is 6.45. The van der Waals surface area contributed by atoms with Gasteiger partial charge in [0.2, 0.25) is 0 Å². The summed E-state index contributed by atoms with van der Waals surface area (Å²) in [4.78, 5) is 4.32. The van der Waals surface area contributed by atoms with Crippen LogP contribution in [-0.4, -0.2) is 27.4 Å². The fourth-order valence-electron chi connectivity index (χ4n) is 5.82. The summed E-state index contributed by atoms with van der Waals surface area (Å²) in [6.07, 6.45) is 11.8. The van der Waals surface area contributed by atoms with Crippen LogP contribution >= 0.6 is 0 Å². The Labute approximate surface area is 127 Å². The summed E-state index contributed by atoms with van der Waals surface area (Å²) in [5.41, 5.74) is 0.603. The molecule has 0 spiro atoms. The third kappa shape index (κ3) is 2.52. The molecule has 0 aromatic carbocycles. The summed E-state index contributed by atoms with van der Waals surface area (Å²) in [5, 5.41) is 8.17. The lowest BCUT2D eigenvalue weighted by Crippen LogP contribution is -2.55. The van der Waals surface area contributed by atoms with Crippen LogP contribution in [0.3, 0.4) is 0 Å². The molecule has 0 radical (unpaired) electrons. The maximum Gasteiger partial charge on any atom is 0.151 e. The summed E-state index contributed by atoms with van der Waals surface area (Å²) in [6.45, 7) is 3.44. The summed E-state index contributed by atoms with van der Waals surface area (Å²) in [6, 6.07) is 0.648. The van der Waals surface area contributed by atoms with Gasteiger partial charge >= 0.3 is 0 Å². The highest BCUT2D eigenvalue weighted by Crippen LogP contribution is 2.61. The van der Waals surface area contributed by atoms with Gasteiger partial charge in [-0.25, -0.2) is 4.98 Å². The van der Waals surface area contributed by atoms with Crippen LogP contribution < -0.4 is 5.32 Å². The monoisotopic (exact) mass is 288 g/mol. The van der Waals surface area contributed by atoms with E-state index in [0.717, 1.165) is 36.5 Å². The minimum Gasteiger partial charge on any atom is -0.313 e. The van der Waals surface area contributed by atoms with Crippen molar-refractivity contribution in [2.75, 3.05) is 6.54 Å². The van der Waals surface area contributed by atoms with Gasteiger partial charge in [-0.15, -0.1) is 0 Å². The van der Waals surface area contributed by atoms with Gasteiger partial charge in [-0.2, -0.15) is 5.10 Å². The largest absolute Gasteiger partial charge is 0.313 e. The zero-order valence-electron chi connectivity index (χ0n) is 13.4. The molecule has 4 bridgehead atoms. The van der Waals surface area contributed by atoms with E-state index >= 15 is 0 Å². The quantitative estimate of drug-likeness (QED) is 0.905. The first kappa shape index (κ1) is 13.7. The molecule has 0 aliphatic heterocycles. The molecule has 0 amide bonds. The van der Waals surface area contributed by atoms with Gasteiger partial charge in [0, 0.05) is 26.1 Å². The van der Waals surface area contributed by atoms with E-state index in [1.54, 1.807) is 11.0 Å². The first-order valence-corrected chi connectivity index (χ1v) is 8.71. The maximum absolute atomic E-state index is 4.37. The zero-order valence-corrected chi connectivity index (χ0v) is 13.4. The molecule has 1 aromatic heterocycles. The van der Waals surface area contributed by atoms with Crippen molar-refractivity contribution in [3.8, 4) is 0 Å². The van der Waals surface area contributed by atoms with Gasteiger partial charge in [-0.3, -0.25) is 4.68 Å². The first-order chi connectivity index (χ1) is 10.1. The molecule has 5 rings (SSSR count). The minimum atomic E-state index is 0.603. The number of aryl methyl sites for hydroxylation is 1. The van der Waals surface area contributed by atoms with Crippen molar-refractivity contribution in [1.82, 2.24) is 20.1 Å². The standard InChI is InChI=1S/C17H28N4/c1-12(18-4-3-16-19-11-21(2)20-16)17-8-13-5-14(9-17)7-15(6-13)10-17/h11-15,18H,3-10H2,1-2H3. The average molecular weight is 288 g/mol. The van der Waals surface area contributed by atoms with Gasteiger partial charge < -0.3 is 5.32 Å². The second-order valence-corrected chi connectivity index (χ2v) is 8.04. The molecular formula is C17H28N4. The Hall–Kier alpha value is -0.900. The molecule has 1 aromatic rings. The van der Waals surface area contributed by atoms with Crippen LogP contribution in [0.4, 0.5) is 0 Å². The van der Waals surface area contributed by atoms with E-state index in [-0.39, 0.29) is 0 Å². The molecule has 4 aliphatic carbocycles. The predicted molar refractivity (Wildman–Crippen MR) is 82.8 cm³/mol. The molecule has 1 N–H and O–H groups in total. The molecule has 0 saturated heterocycles. The van der Waals surface area contributed by atoms with E-state index in [4.69, 9.17) is 0 Å². The summed E-state index contributed by atoms with van der Waals surface area (Å²) >= 11 is 0. The van der Waals surface area contributed by atoms with Crippen LogP contribution in [0.25, 0.3) is 0 Å². The number of hydrogen-bond acceptors (Lipinski definition) is 3. The highest BCUT2D eigenvalue weighted by molar-refractivity contribution is 5.05. The van der Waals surface area contributed by atoms with Crippen LogP contribution in [0.15, 0.2) is 6.33 Å². The topological polar surface area (TPSA) is 42.7 Å². The highest BCUT2D eigenvalue weighted by atomic mass is 15.3. The average Bonchev–Trinajstić information content (AvgIpc) is 2.83. The zero-order chi connectivity index (χ0) is 14.4. The van der Waals surface area contributed by atoms with E-state index in [1.165, 1.54) is 38.5 Å². The second kappa shape index (κ2) is 5.08. The summed E-state index contributed by atoms with van der Waals surface area (Å²) in [7, 11) is 1.93. The van der Waals surface area contributed by atoms with Gasteiger partial charge in [0.25, 0.3) is 0 Å². The molecule has 4 saturated carbocycles. The number of rotatable bonds is 5. The minimum absolute atomic E-state index is 0.603. The molecule has 1 atom stereocenters. The van der Waals surface area contributed by atoms with E-state index in [1.807, 2.05) is 7.05 Å². The molecule has 4 heteroatoms. The molecule has 21 heavy (non-hydrogen) atoms. The molecule has 116 valence electrons. The second-order valence-electron chi connectivity index (χ2n) is 8.04. The molecule has 1 unspecified atom stereocenters. The molecule has 1 heterocycles. The molecule has 4 aliphatic rings. The van der Waals surface area contributed by atoms with Crippen LogP contribution in [-0.2, 0) is 13.5 Å². The van der Waals surface area contributed by atoms with Gasteiger partial charge in [-0.05, 0) is 68.6 Å². The maximum atomic E-state index is 4.37. The van der Waals surface area contributed by atoms with Gasteiger partial charge in [0.05, 0.1) is 0 Å². The summed E-state index contributed by atoms with van der Waals surface area (Å²) in [5.74, 6) is 4.08. The Morgan fingerprint density at radius 2 is 1.86 bits per heavy atom. The predicted octanol–water partition coefficient (Wildman–Crippen LogP) is 2.55. The molecule has 4 nitrogen and oxygen atoms in total. The Balaban J connectivity index is 1.35. The fourth-order valence-corrected chi connectivity index (χ4v) is 5.82. The lowest BCUT2D eigenvalue weighted by molar-refractivity contribution is -0.0702. The fraction of sp³-hybridized carbons (Fsp3) is 0.882. The highest BCUT2D eigenvalue weighted by Gasteiger charge is 2.52. The number of nitrogens with zero attached hydrogens (tertiary/aromatic N) is 3. The lowest BCUT2D eigenvalue weighted by Gasteiger charge is -2.59. The van der Waals surface area contributed by atoms with E-state index in [2.05, 4.69) is 22.3 Å². The number of hydrogen-bond donors (Lipinski definition) is 1. The normalized spacial score (nSPS) is 38.9. The van der Waals surface area contributed by atoms with Gasteiger partial charge in [0.1, 0.15) is 6.33 Å². The third-order valence-electron chi connectivity index (χ3n) is 6.45. The number of aromatic nitrogens is 3. The SMILES string of the molecule is CC(NCCc1ncn(C)n1)C12CC3CC(CC(C3)C1)C2.